The second-order valence-electron chi connectivity index (χ2n) is 4.58. The van der Waals surface area contributed by atoms with Gasteiger partial charge in [0.2, 0.25) is 0 Å². The van der Waals surface area contributed by atoms with E-state index >= 15 is 0 Å². The molecule has 0 aromatic carbocycles. The summed E-state index contributed by atoms with van der Waals surface area (Å²) in [5, 5.41) is 3.33. The van der Waals surface area contributed by atoms with Crippen LogP contribution in [0.2, 0.25) is 0 Å². The van der Waals surface area contributed by atoms with Crippen LogP contribution in [-0.2, 0) is 6.42 Å². The Morgan fingerprint density at radius 2 is 2.05 bits per heavy atom. The predicted octanol–water partition coefficient (Wildman–Crippen LogP) is 4.08. The third-order valence-electron chi connectivity index (χ3n) is 2.81. The third-order valence-corrected chi connectivity index (χ3v) is 3.45. The molecule has 0 aliphatic carbocycles. The molecule has 1 N–H and O–H groups in total. The quantitative estimate of drug-likeness (QED) is 0.864. The fourth-order valence-corrected chi connectivity index (χ4v) is 2.31. The predicted molar refractivity (Wildman–Crippen MR) is 85.7 cm³/mol. The number of nitrogens with one attached hydrogen (secondary N) is 1. The van der Waals surface area contributed by atoms with Crippen molar-refractivity contribution in [2.45, 2.75) is 33.1 Å². The van der Waals surface area contributed by atoms with E-state index in [1.165, 1.54) is 0 Å². The minimum Gasteiger partial charge on any atom is -0.370 e. The average molecular weight is 335 g/mol. The van der Waals surface area contributed by atoms with E-state index in [1.807, 2.05) is 18.2 Å². The van der Waals surface area contributed by atoms with Gasteiger partial charge in [-0.15, -0.1) is 0 Å². The van der Waals surface area contributed by atoms with Crippen LogP contribution in [0.1, 0.15) is 32.4 Å². The van der Waals surface area contributed by atoms with Gasteiger partial charge in [-0.3, -0.25) is 4.98 Å². The molecule has 5 heteroatoms. The zero-order chi connectivity index (χ0) is 14.4. The Bertz CT molecular complexity index is 572. The van der Waals surface area contributed by atoms with Gasteiger partial charge < -0.3 is 5.32 Å². The lowest BCUT2D eigenvalue weighted by Crippen LogP contribution is -2.06. The van der Waals surface area contributed by atoms with Crippen molar-refractivity contribution in [2.24, 2.45) is 0 Å². The van der Waals surface area contributed by atoms with Crippen LogP contribution < -0.4 is 5.32 Å². The molecule has 2 rings (SSSR count). The maximum Gasteiger partial charge on any atom is 0.181 e. The molecule has 0 fully saturated rings. The second kappa shape index (κ2) is 7.33. The molecule has 0 bridgehead atoms. The first kappa shape index (κ1) is 14.9. The lowest BCUT2D eigenvalue weighted by atomic mass is 10.2. The number of aromatic nitrogens is 3. The van der Waals surface area contributed by atoms with Gasteiger partial charge in [-0.2, -0.15) is 0 Å². The van der Waals surface area contributed by atoms with Crippen LogP contribution >= 0.6 is 15.9 Å². The van der Waals surface area contributed by atoms with Gasteiger partial charge >= 0.3 is 0 Å². The number of aryl methyl sites for hydroxylation is 1. The minimum atomic E-state index is 0.669. The highest BCUT2D eigenvalue weighted by Crippen LogP contribution is 2.24. The van der Waals surface area contributed by atoms with Gasteiger partial charge in [-0.25, -0.2) is 9.97 Å². The maximum atomic E-state index is 4.62. The molecule has 0 saturated carbocycles. The molecular formula is C15H19BrN4. The van der Waals surface area contributed by atoms with E-state index < -0.39 is 0 Å². The van der Waals surface area contributed by atoms with E-state index in [-0.39, 0.29) is 0 Å². The van der Waals surface area contributed by atoms with Gasteiger partial charge in [0.25, 0.3) is 0 Å². The van der Waals surface area contributed by atoms with E-state index in [1.54, 1.807) is 6.20 Å². The number of anilines is 1. The minimum absolute atomic E-state index is 0.669. The van der Waals surface area contributed by atoms with E-state index in [4.69, 9.17) is 0 Å². The largest absolute Gasteiger partial charge is 0.370 e. The van der Waals surface area contributed by atoms with Gasteiger partial charge in [0.1, 0.15) is 11.5 Å². The molecule has 0 atom stereocenters. The highest BCUT2D eigenvalue weighted by Gasteiger charge is 2.10. The molecule has 0 spiro atoms. The van der Waals surface area contributed by atoms with Crippen molar-refractivity contribution in [3.05, 3.63) is 34.6 Å². The summed E-state index contributed by atoms with van der Waals surface area (Å²) < 4.78 is 0.912. The Labute approximate surface area is 128 Å². The molecule has 20 heavy (non-hydrogen) atoms. The van der Waals surface area contributed by atoms with Crippen molar-refractivity contribution in [1.82, 2.24) is 15.0 Å². The highest BCUT2D eigenvalue weighted by molar-refractivity contribution is 9.10. The molecule has 0 radical (unpaired) electrons. The van der Waals surface area contributed by atoms with E-state index in [0.717, 1.165) is 47.5 Å². The van der Waals surface area contributed by atoms with E-state index in [0.29, 0.717) is 5.82 Å². The smallest absolute Gasteiger partial charge is 0.181 e. The molecule has 2 heterocycles. The molecule has 106 valence electrons. The first-order chi connectivity index (χ1) is 9.74. The summed E-state index contributed by atoms with van der Waals surface area (Å²) in [4.78, 5) is 13.6. The van der Waals surface area contributed by atoms with Crippen molar-refractivity contribution >= 4 is 21.7 Å². The molecule has 0 saturated heterocycles. The Balaban J connectivity index is 2.40. The van der Waals surface area contributed by atoms with Gasteiger partial charge in [0.05, 0.1) is 0 Å². The molecule has 0 amide bonds. The molecule has 2 aromatic rings. The van der Waals surface area contributed by atoms with Gasteiger partial charge in [0.15, 0.2) is 5.82 Å². The number of hydrogen-bond donors (Lipinski definition) is 1. The van der Waals surface area contributed by atoms with Crippen molar-refractivity contribution in [3.8, 4) is 11.5 Å². The lowest BCUT2D eigenvalue weighted by Gasteiger charge is -2.09. The number of nitrogens with zero attached hydrogens (tertiary/aromatic N) is 3. The highest BCUT2D eigenvalue weighted by atomic mass is 79.9. The van der Waals surface area contributed by atoms with E-state index in [9.17, 15) is 0 Å². The Morgan fingerprint density at radius 3 is 2.75 bits per heavy atom. The summed E-state index contributed by atoms with van der Waals surface area (Å²) in [5.74, 6) is 1.54. The second-order valence-corrected chi connectivity index (χ2v) is 5.43. The summed E-state index contributed by atoms with van der Waals surface area (Å²) in [6.45, 7) is 5.19. The summed E-state index contributed by atoms with van der Waals surface area (Å²) in [5.41, 5.74) is 1.83. The van der Waals surface area contributed by atoms with Crippen LogP contribution in [0, 0.1) is 0 Å². The van der Waals surface area contributed by atoms with Crippen molar-refractivity contribution in [3.63, 3.8) is 0 Å². The van der Waals surface area contributed by atoms with Crippen molar-refractivity contribution in [1.29, 1.82) is 0 Å². The van der Waals surface area contributed by atoms with Crippen LogP contribution in [0.25, 0.3) is 11.5 Å². The topological polar surface area (TPSA) is 50.7 Å². The summed E-state index contributed by atoms with van der Waals surface area (Å²) in [6, 6.07) is 5.87. The van der Waals surface area contributed by atoms with Gasteiger partial charge in [-0.05, 0) is 40.9 Å². The van der Waals surface area contributed by atoms with Crippen LogP contribution in [0.5, 0.6) is 0 Å². The van der Waals surface area contributed by atoms with E-state index in [2.05, 4.69) is 50.0 Å². The molecule has 2 aromatic heterocycles. The fourth-order valence-electron chi connectivity index (χ4n) is 1.88. The van der Waals surface area contributed by atoms with Crippen molar-refractivity contribution in [2.75, 3.05) is 11.9 Å². The number of hydrogen-bond acceptors (Lipinski definition) is 4. The summed E-state index contributed by atoms with van der Waals surface area (Å²) in [6.07, 6.45) is 4.83. The standard InChI is InChI=1S/C15H19BrN4/c1-3-6-11-10-13(17-8-4-2)20-15(19-11)14-12(16)7-5-9-18-14/h5,7,9-10H,3-4,6,8H2,1-2H3,(H,17,19,20). The first-order valence-corrected chi connectivity index (χ1v) is 7.76. The molecule has 4 nitrogen and oxygen atoms in total. The van der Waals surface area contributed by atoms with Crippen LogP contribution in [0.3, 0.4) is 0 Å². The number of rotatable bonds is 6. The Morgan fingerprint density at radius 1 is 1.20 bits per heavy atom. The number of halogens is 1. The first-order valence-electron chi connectivity index (χ1n) is 6.97. The normalized spacial score (nSPS) is 10.6. The maximum absolute atomic E-state index is 4.62. The SMILES string of the molecule is CCCNc1cc(CCC)nc(-c2ncccc2Br)n1. The average Bonchev–Trinajstić information content (AvgIpc) is 2.46. The Hall–Kier alpha value is -1.49. The zero-order valence-corrected chi connectivity index (χ0v) is 13.4. The molecular weight excluding hydrogens is 316 g/mol. The molecule has 0 aliphatic heterocycles. The van der Waals surface area contributed by atoms with Crippen molar-refractivity contribution < 1.29 is 0 Å². The zero-order valence-electron chi connectivity index (χ0n) is 11.9. The lowest BCUT2D eigenvalue weighted by molar-refractivity contribution is 0.870. The summed E-state index contributed by atoms with van der Waals surface area (Å²) >= 11 is 3.51. The monoisotopic (exact) mass is 334 g/mol. The number of pyridine rings is 1. The Kier molecular flexibility index (Phi) is 5.47. The molecule has 0 unspecified atom stereocenters. The van der Waals surface area contributed by atoms with Gasteiger partial charge in [-0.1, -0.05) is 20.3 Å². The van der Waals surface area contributed by atoms with Crippen LogP contribution in [0.15, 0.2) is 28.9 Å². The van der Waals surface area contributed by atoms with Crippen LogP contribution in [-0.4, -0.2) is 21.5 Å². The molecule has 0 aliphatic rings. The third kappa shape index (κ3) is 3.76. The summed E-state index contributed by atoms with van der Waals surface area (Å²) in [7, 11) is 0. The van der Waals surface area contributed by atoms with Crippen LogP contribution in [0.4, 0.5) is 5.82 Å². The van der Waals surface area contributed by atoms with Gasteiger partial charge in [0, 0.05) is 29.0 Å². The fraction of sp³-hybridized carbons (Fsp3) is 0.400.